The largest absolute Gasteiger partial charge is 0.469 e. The van der Waals surface area contributed by atoms with Crippen molar-refractivity contribution in [3.05, 3.63) is 72.1 Å². The fraction of sp³-hybridized carbons (Fsp3) is 0.379. The Labute approximate surface area is 200 Å². The topological polar surface area (TPSA) is 61.4 Å². The first-order valence-electron chi connectivity index (χ1n) is 12.9. The van der Waals surface area contributed by atoms with Gasteiger partial charge in [-0.15, -0.1) is 0 Å². The van der Waals surface area contributed by atoms with E-state index in [2.05, 4.69) is 0 Å². The number of carbonyl (C=O) groups is 2. The van der Waals surface area contributed by atoms with Crippen LogP contribution in [0.3, 0.4) is 0 Å². The van der Waals surface area contributed by atoms with Crippen molar-refractivity contribution in [3.63, 3.8) is 0 Å². The molecule has 0 atom stereocenters. The van der Waals surface area contributed by atoms with Gasteiger partial charge in [-0.25, -0.2) is 0 Å². The van der Waals surface area contributed by atoms with E-state index >= 15 is 0 Å². The first-order chi connectivity index (χ1) is 17.2. The maximum absolute atomic E-state index is 13.8. The first kappa shape index (κ1) is 18.0. The Hall–Kier alpha value is -3.34. The van der Waals surface area contributed by atoms with Gasteiger partial charge >= 0.3 is 5.97 Å². The molecule has 4 saturated carbocycles. The highest BCUT2D eigenvalue weighted by molar-refractivity contribution is 6.07. The maximum Gasteiger partial charge on any atom is 0.311 e. The van der Waals surface area contributed by atoms with E-state index in [1.807, 2.05) is 48.5 Å². The maximum atomic E-state index is 13.8. The van der Waals surface area contributed by atoms with Crippen LogP contribution in [-0.4, -0.2) is 23.4 Å². The van der Waals surface area contributed by atoms with Crippen molar-refractivity contribution in [1.29, 1.82) is 0 Å². The second-order valence-corrected chi connectivity index (χ2v) is 10.7. The molecular formula is C29H27NO4. The van der Waals surface area contributed by atoms with Crippen molar-refractivity contribution in [2.75, 3.05) is 7.11 Å². The highest BCUT2D eigenvalue weighted by Crippen LogP contribution is 2.85. The van der Waals surface area contributed by atoms with E-state index in [4.69, 9.17) is 11.9 Å². The van der Waals surface area contributed by atoms with Crippen LogP contribution in [-0.2, 0) is 16.0 Å². The lowest BCUT2D eigenvalue weighted by Gasteiger charge is -2.72. The lowest BCUT2D eigenvalue weighted by Crippen LogP contribution is -2.69. The highest BCUT2D eigenvalue weighted by atomic mass is 16.5. The summed E-state index contributed by atoms with van der Waals surface area (Å²) in [4.78, 5) is 26.0. The molecule has 2 aromatic heterocycles. The lowest BCUT2D eigenvalue weighted by atomic mass is 9.30. The number of ketones is 1. The molecule has 4 aromatic rings. The van der Waals surface area contributed by atoms with E-state index < -0.39 is 6.50 Å². The van der Waals surface area contributed by atoms with E-state index in [-0.39, 0.29) is 33.8 Å². The number of hydrogen-bond donors (Lipinski definition) is 0. The Morgan fingerprint density at radius 3 is 2.56 bits per heavy atom. The van der Waals surface area contributed by atoms with E-state index in [9.17, 15) is 9.59 Å². The van der Waals surface area contributed by atoms with Gasteiger partial charge in [0.2, 0.25) is 0 Å². The highest BCUT2D eigenvalue weighted by Gasteiger charge is 2.80. The number of Topliss-reactive ketones (excluding diaryl/α,β-unsaturated/α-hetero) is 1. The van der Waals surface area contributed by atoms with Crippen LogP contribution >= 0.6 is 0 Å². The van der Waals surface area contributed by atoms with Crippen LogP contribution < -0.4 is 0 Å². The standard InChI is InChI=1S/C29H27NO4/c1-33-26(32)27-16-29(17-27,18-27)28(10-11-28)14-23(31)22-7-4-6-19-9-12-30(25(19)22)15-21-13-20-5-2-3-8-24(20)34-21/h2-9,12-13H,10-11,14-18H2,1H3/i15D2. The normalized spacial score (nSPS) is 27.4. The number of ether oxygens (including phenoxy) is 1. The summed E-state index contributed by atoms with van der Waals surface area (Å²) in [6.45, 7) is -1.98. The second kappa shape index (κ2) is 6.62. The average molecular weight is 456 g/mol. The Bertz CT molecular complexity index is 1520. The zero-order chi connectivity index (χ0) is 24.9. The van der Waals surface area contributed by atoms with Crippen LogP contribution in [0, 0.1) is 16.2 Å². The summed E-state index contributed by atoms with van der Waals surface area (Å²) >= 11 is 0. The zero-order valence-corrected chi connectivity index (χ0v) is 19.1. The lowest BCUT2D eigenvalue weighted by molar-refractivity contribution is -0.251. The molecule has 8 rings (SSSR count). The molecule has 0 N–H and O–H groups in total. The van der Waals surface area contributed by atoms with Crippen LogP contribution in [0.25, 0.3) is 21.9 Å². The number of benzene rings is 2. The molecule has 5 heteroatoms. The molecule has 0 radical (unpaired) electrons. The molecule has 0 aliphatic heterocycles. The summed E-state index contributed by atoms with van der Waals surface area (Å²) in [5.41, 5.74) is 1.48. The molecule has 2 aromatic carbocycles. The number of furan rings is 1. The first-order valence-corrected chi connectivity index (χ1v) is 11.9. The van der Waals surface area contributed by atoms with Crippen molar-refractivity contribution in [2.45, 2.75) is 45.0 Å². The molecule has 34 heavy (non-hydrogen) atoms. The molecule has 2 heterocycles. The summed E-state index contributed by atoms with van der Waals surface area (Å²) in [7, 11) is 1.45. The number of fused-ring (bicyclic) bond motifs is 2. The average Bonchev–Trinajstić information content (AvgIpc) is 3.25. The Morgan fingerprint density at radius 2 is 1.82 bits per heavy atom. The minimum Gasteiger partial charge on any atom is -0.469 e. The van der Waals surface area contributed by atoms with Gasteiger partial charge in [-0.3, -0.25) is 9.59 Å². The van der Waals surface area contributed by atoms with Gasteiger partial charge in [0.1, 0.15) is 11.3 Å². The number of para-hydroxylation sites is 2. The quantitative estimate of drug-likeness (QED) is 0.248. The number of nitrogens with zero attached hydrogens (tertiary/aromatic N) is 1. The van der Waals surface area contributed by atoms with E-state index in [0.29, 0.717) is 23.1 Å². The van der Waals surface area contributed by atoms with Crippen molar-refractivity contribution >= 4 is 33.6 Å². The Balaban J connectivity index is 1.22. The second-order valence-electron chi connectivity index (χ2n) is 10.7. The molecule has 4 fully saturated rings. The van der Waals surface area contributed by atoms with Crippen LogP contribution in [0.2, 0.25) is 0 Å². The monoisotopic (exact) mass is 455 g/mol. The van der Waals surface area contributed by atoms with E-state index in [1.54, 1.807) is 12.3 Å². The minimum absolute atomic E-state index is 0.0373. The van der Waals surface area contributed by atoms with Gasteiger partial charge in [0.15, 0.2) is 5.78 Å². The van der Waals surface area contributed by atoms with E-state index in [1.165, 1.54) is 11.7 Å². The third-order valence-electron chi connectivity index (χ3n) is 8.79. The molecular weight excluding hydrogens is 426 g/mol. The molecule has 0 unspecified atom stereocenters. The SMILES string of the molecule is [2H]C([2H])(c1cc2ccccc2o1)n1ccc2cccc(C(=O)CC3(C45CC(C(=O)OC)(C4)C5)CC3)c21. The molecule has 5 nitrogen and oxygen atoms in total. The fourth-order valence-corrected chi connectivity index (χ4v) is 6.90. The molecule has 0 saturated heterocycles. The van der Waals surface area contributed by atoms with Crippen molar-refractivity contribution in [1.82, 2.24) is 4.57 Å². The molecule has 0 spiro atoms. The predicted octanol–water partition coefficient (Wildman–Crippen LogP) is 6.13. The summed E-state index contributed by atoms with van der Waals surface area (Å²) in [5, 5.41) is 1.66. The minimum atomic E-state index is -1.98. The number of hydrogen-bond acceptors (Lipinski definition) is 4. The molecule has 2 bridgehead atoms. The Morgan fingerprint density at radius 1 is 1.06 bits per heavy atom. The number of methoxy groups -OCH3 is 1. The molecule has 4 aliphatic carbocycles. The van der Waals surface area contributed by atoms with Gasteiger partial charge in [0, 0.05) is 29.0 Å². The number of rotatable bonds is 7. The molecule has 4 aliphatic rings. The third-order valence-corrected chi connectivity index (χ3v) is 8.79. The third kappa shape index (κ3) is 2.61. The molecule has 172 valence electrons. The summed E-state index contributed by atoms with van der Waals surface area (Å²) < 4.78 is 30.4. The van der Waals surface area contributed by atoms with Gasteiger partial charge < -0.3 is 13.7 Å². The zero-order valence-electron chi connectivity index (χ0n) is 21.1. The van der Waals surface area contributed by atoms with E-state index in [0.717, 1.165) is 42.9 Å². The summed E-state index contributed by atoms with van der Waals surface area (Å²) in [6.07, 6.45) is 6.63. The summed E-state index contributed by atoms with van der Waals surface area (Å²) in [5.74, 6) is 0.126. The van der Waals surface area contributed by atoms with Crippen molar-refractivity contribution < 1.29 is 21.5 Å². The Kier molecular flexibility index (Phi) is 3.51. The fourth-order valence-electron chi connectivity index (χ4n) is 6.90. The predicted molar refractivity (Wildman–Crippen MR) is 129 cm³/mol. The van der Waals surface area contributed by atoms with Crippen molar-refractivity contribution in [2.24, 2.45) is 16.2 Å². The molecule has 0 amide bonds. The van der Waals surface area contributed by atoms with Gasteiger partial charge in [-0.05, 0) is 67.2 Å². The van der Waals surface area contributed by atoms with Gasteiger partial charge in [-0.1, -0.05) is 30.3 Å². The smallest absolute Gasteiger partial charge is 0.311 e. The van der Waals surface area contributed by atoms with Crippen LogP contribution in [0.4, 0.5) is 0 Å². The van der Waals surface area contributed by atoms with Crippen LogP contribution in [0.1, 0.15) is 57.4 Å². The van der Waals surface area contributed by atoms with Crippen LogP contribution in [0.15, 0.2) is 65.2 Å². The van der Waals surface area contributed by atoms with Gasteiger partial charge in [0.05, 0.1) is 27.3 Å². The number of carbonyl (C=O) groups excluding carboxylic acids is 2. The van der Waals surface area contributed by atoms with Crippen molar-refractivity contribution in [3.8, 4) is 0 Å². The summed E-state index contributed by atoms with van der Waals surface area (Å²) in [6, 6.07) is 16.6. The number of esters is 1. The van der Waals surface area contributed by atoms with Gasteiger partial charge in [0.25, 0.3) is 0 Å². The van der Waals surface area contributed by atoms with Crippen LogP contribution in [0.5, 0.6) is 0 Å². The number of aromatic nitrogens is 1. The van der Waals surface area contributed by atoms with Gasteiger partial charge in [-0.2, -0.15) is 0 Å².